The number of amides is 3. The zero-order valence-electron chi connectivity index (χ0n) is 25.5. The monoisotopic (exact) mass is 551 g/mol. The summed E-state index contributed by atoms with van der Waals surface area (Å²) in [6.45, 7) is 17.6. The Kier molecular flexibility index (Phi) is 13.7. The van der Waals surface area contributed by atoms with Gasteiger partial charge < -0.3 is 20.7 Å². The molecule has 1 aromatic carbocycles. The molecule has 39 heavy (non-hydrogen) atoms. The van der Waals surface area contributed by atoms with Crippen LogP contribution in [0.2, 0.25) is 0 Å². The SMILES string of the molecule is CCC(C)(C)CCCCCC(=O)N[C@@H](C(=O)N[C@H](C)C(=O)Nc1ccc(COC(=O)C(C)(C)C)cc1)C(C)C.[HH].[HH].[HH]. The van der Waals surface area contributed by atoms with Gasteiger partial charge in [-0.2, -0.15) is 0 Å². The third-order valence-corrected chi connectivity index (χ3v) is 6.94. The van der Waals surface area contributed by atoms with Gasteiger partial charge in [-0.25, -0.2) is 0 Å². The molecule has 3 N–H and O–H groups in total. The molecule has 8 heteroatoms. The number of unbranched alkanes of at least 4 members (excludes halogenated alkanes) is 2. The smallest absolute Gasteiger partial charge is 0.311 e. The molecular formula is C31H57N3O5. The fourth-order valence-electron chi connectivity index (χ4n) is 3.69. The molecule has 1 rings (SSSR count). The summed E-state index contributed by atoms with van der Waals surface area (Å²) in [5, 5.41) is 8.34. The Labute approximate surface area is 239 Å². The summed E-state index contributed by atoms with van der Waals surface area (Å²) in [7, 11) is 0. The summed E-state index contributed by atoms with van der Waals surface area (Å²) in [5.41, 5.74) is 1.12. The Balaban J connectivity index is -0.00000507. The number of anilines is 1. The van der Waals surface area contributed by atoms with Gasteiger partial charge in [-0.15, -0.1) is 0 Å². The first-order chi connectivity index (χ1) is 18.1. The minimum Gasteiger partial charge on any atom is -0.460 e. The number of carbonyl (C=O) groups excluding carboxylic acids is 4. The second-order valence-electron chi connectivity index (χ2n) is 12.6. The highest BCUT2D eigenvalue weighted by atomic mass is 16.5. The molecule has 0 saturated carbocycles. The minimum atomic E-state index is -0.801. The lowest BCUT2D eigenvalue weighted by atomic mass is 9.84. The van der Waals surface area contributed by atoms with Gasteiger partial charge >= 0.3 is 5.97 Å². The van der Waals surface area contributed by atoms with E-state index in [1.807, 2.05) is 13.8 Å². The Bertz CT molecular complexity index is 964. The normalized spacial score (nSPS) is 13.4. The molecular weight excluding hydrogens is 494 g/mol. The van der Waals surface area contributed by atoms with Gasteiger partial charge in [0.2, 0.25) is 17.7 Å². The van der Waals surface area contributed by atoms with Gasteiger partial charge in [0.05, 0.1) is 5.41 Å². The lowest BCUT2D eigenvalue weighted by molar-refractivity contribution is -0.154. The van der Waals surface area contributed by atoms with Crippen LogP contribution < -0.4 is 16.0 Å². The highest BCUT2D eigenvalue weighted by Crippen LogP contribution is 2.27. The zero-order chi connectivity index (χ0) is 29.8. The van der Waals surface area contributed by atoms with Crippen LogP contribution in [0.3, 0.4) is 0 Å². The van der Waals surface area contributed by atoms with Gasteiger partial charge in [-0.1, -0.05) is 66.0 Å². The fourth-order valence-corrected chi connectivity index (χ4v) is 3.69. The van der Waals surface area contributed by atoms with Crippen LogP contribution in [0.15, 0.2) is 24.3 Å². The van der Waals surface area contributed by atoms with Crippen LogP contribution in [0.5, 0.6) is 0 Å². The summed E-state index contributed by atoms with van der Waals surface area (Å²) < 4.78 is 5.31. The second-order valence-corrected chi connectivity index (χ2v) is 12.6. The van der Waals surface area contributed by atoms with Crippen molar-refractivity contribution in [3.63, 3.8) is 0 Å². The maximum atomic E-state index is 12.9. The van der Waals surface area contributed by atoms with E-state index in [1.165, 1.54) is 0 Å². The molecule has 8 nitrogen and oxygen atoms in total. The lowest BCUT2D eigenvalue weighted by Crippen LogP contribution is -2.53. The van der Waals surface area contributed by atoms with Gasteiger partial charge in [0, 0.05) is 16.4 Å². The molecule has 3 amide bonds. The van der Waals surface area contributed by atoms with Crippen molar-refractivity contribution in [1.29, 1.82) is 0 Å². The Morgan fingerprint density at radius 2 is 1.49 bits per heavy atom. The zero-order valence-corrected chi connectivity index (χ0v) is 25.5. The van der Waals surface area contributed by atoms with E-state index in [0.717, 1.165) is 37.7 Å². The van der Waals surface area contributed by atoms with Crippen LogP contribution in [0.4, 0.5) is 5.69 Å². The first-order valence-electron chi connectivity index (χ1n) is 14.2. The second kappa shape index (κ2) is 15.6. The van der Waals surface area contributed by atoms with Crippen molar-refractivity contribution in [2.45, 2.75) is 120 Å². The molecule has 0 fully saturated rings. The average Bonchev–Trinajstić information content (AvgIpc) is 2.85. The Morgan fingerprint density at radius 1 is 0.872 bits per heavy atom. The topological polar surface area (TPSA) is 114 Å². The number of ether oxygens (including phenoxy) is 1. The van der Waals surface area contributed by atoms with Crippen molar-refractivity contribution in [1.82, 2.24) is 10.6 Å². The standard InChI is InChI=1S/C31H51N3O5.3H2/c1-10-31(8,9)19-13-11-12-14-25(35)34-26(21(2)3)28(37)32-22(4)27(36)33-24-17-15-23(16-18-24)20-39-29(38)30(5,6)7;;;/h15-18,21-22,26H,10-14,19-20H2,1-9H3,(H,32,37)(H,33,36)(H,34,35);3*1H/t22-,26-;;;/m1.../s1. The van der Waals surface area contributed by atoms with Gasteiger partial charge in [-0.05, 0) is 69.6 Å². The van der Waals surface area contributed by atoms with E-state index in [2.05, 4.69) is 36.7 Å². The molecule has 0 aliphatic carbocycles. The third-order valence-electron chi connectivity index (χ3n) is 6.94. The quantitative estimate of drug-likeness (QED) is 0.170. The van der Waals surface area contributed by atoms with Crippen molar-refractivity contribution in [2.75, 3.05) is 5.32 Å². The molecule has 0 aliphatic heterocycles. The third kappa shape index (κ3) is 13.1. The molecule has 0 saturated heterocycles. The molecule has 0 bridgehead atoms. The highest BCUT2D eigenvalue weighted by molar-refractivity contribution is 5.98. The maximum absolute atomic E-state index is 12.9. The van der Waals surface area contributed by atoms with Crippen molar-refractivity contribution in [3.05, 3.63) is 29.8 Å². The minimum absolute atomic E-state index is 0. The van der Waals surface area contributed by atoms with E-state index in [4.69, 9.17) is 4.74 Å². The largest absolute Gasteiger partial charge is 0.460 e. The number of rotatable bonds is 15. The molecule has 0 radical (unpaired) electrons. The number of esters is 1. The van der Waals surface area contributed by atoms with E-state index in [-0.39, 0.29) is 40.5 Å². The van der Waals surface area contributed by atoms with E-state index < -0.39 is 17.5 Å². The van der Waals surface area contributed by atoms with Gasteiger partial charge in [0.1, 0.15) is 18.7 Å². The predicted octanol–water partition coefficient (Wildman–Crippen LogP) is 6.48. The molecule has 2 atom stereocenters. The van der Waals surface area contributed by atoms with Gasteiger partial charge in [-0.3, -0.25) is 19.2 Å². The summed E-state index contributed by atoms with van der Waals surface area (Å²) in [4.78, 5) is 50.0. The van der Waals surface area contributed by atoms with E-state index >= 15 is 0 Å². The van der Waals surface area contributed by atoms with Gasteiger partial charge in [0.25, 0.3) is 0 Å². The molecule has 226 valence electrons. The Hall–Kier alpha value is -2.90. The van der Waals surface area contributed by atoms with Crippen LogP contribution in [-0.4, -0.2) is 35.8 Å². The van der Waals surface area contributed by atoms with Crippen molar-refractivity contribution >= 4 is 29.4 Å². The highest BCUT2D eigenvalue weighted by Gasteiger charge is 2.27. The lowest BCUT2D eigenvalue weighted by Gasteiger charge is -2.24. The number of nitrogens with one attached hydrogen (secondary N) is 3. The molecule has 0 aromatic heterocycles. The number of carbonyl (C=O) groups is 4. The summed E-state index contributed by atoms with van der Waals surface area (Å²) >= 11 is 0. The number of hydrogen-bond acceptors (Lipinski definition) is 5. The number of benzene rings is 1. The molecule has 0 spiro atoms. The average molecular weight is 552 g/mol. The Morgan fingerprint density at radius 3 is 2.03 bits per heavy atom. The summed E-state index contributed by atoms with van der Waals surface area (Å²) in [5.74, 6) is -1.33. The maximum Gasteiger partial charge on any atom is 0.311 e. The first kappa shape index (κ1) is 34.1. The van der Waals surface area contributed by atoms with Crippen LogP contribution in [-0.2, 0) is 30.5 Å². The molecule has 0 unspecified atom stereocenters. The predicted molar refractivity (Wildman–Crippen MR) is 162 cm³/mol. The van der Waals surface area contributed by atoms with E-state index in [1.54, 1.807) is 52.0 Å². The van der Waals surface area contributed by atoms with Crippen LogP contribution >= 0.6 is 0 Å². The molecule has 0 aliphatic rings. The van der Waals surface area contributed by atoms with E-state index in [0.29, 0.717) is 17.5 Å². The summed E-state index contributed by atoms with van der Waals surface area (Å²) in [6.07, 6.45) is 5.51. The fraction of sp³-hybridized carbons (Fsp3) is 0.677. The summed E-state index contributed by atoms with van der Waals surface area (Å²) in [6, 6.07) is 5.44. The van der Waals surface area contributed by atoms with Crippen LogP contribution in [0.1, 0.15) is 111 Å². The number of hydrogen-bond donors (Lipinski definition) is 3. The van der Waals surface area contributed by atoms with Crippen molar-refractivity contribution in [3.8, 4) is 0 Å². The van der Waals surface area contributed by atoms with Crippen LogP contribution in [0, 0.1) is 16.7 Å². The van der Waals surface area contributed by atoms with Crippen molar-refractivity contribution < 1.29 is 28.2 Å². The first-order valence-corrected chi connectivity index (χ1v) is 14.2. The van der Waals surface area contributed by atoms with Gasteiger partial charge in [0.15, 0.2) is 0 Å². The van der Waals surface area contributed by atoms with E-state index in [9.17, 15) is 19.2 Å². The van der Waals surface area contributed by atoms with Crippen LogP contribution in [0.25, 0.3) is 0 Å². The molecule has 0 heterocycles. The molecule has 1 aromatic rings. The van der Waals surface area contributed by atoms with Crippen molar-refractivity contribution in [2.24, 2.45) is 16.7 Å².